The summed E-state index contributed by atoms with van der Waals surface area (Å²) in [7, 11) is -3.11. The molecule has 39 heavy (non-hydrogen) atoms. The maximum Gasteiger partial charge on any atom is 0.228 e. The first-order valence-corrected chi connectivity index (χ1v) is 15.3. The van der Waals surface area contributed by atoms with Gasteiger partial charge in [0.2, 0.25) is 16.0 Å². The van der Waals surface area contributed by atoms with Gasteiger partial charge in [0.1, 0.15) is 12.1 Å². The minimum absolute atomic E-state index is 0.559. The molecule has 12 heteroatoms. The van der Waals surface area contributed by atoms with E-state index in [0.29, 0.717) is 32.3 Å². The van der Waals surface area contributed by atoms with Gasteiger partial charge in [0, 0.05) is 81.6 Å². The standard InChI is InChI=1S/C27H34N8O3S/c1-39(36,37)34-11-9-32(10-12-34)7-5-21-3-2-4-23(17-21)35-8-6-24-25(22-18-28-20-29-19-22)30-27(31-26(24)35)33-13-15-38-16-14-33/h2-4,17-20H,5-16H2,1H3. The summed E-state index contributed by atoms with van der Waals surface area (Å²) in [5.41, 5.74) is 5.29. The van der Waals surface area contributed by atoms with E-state index in [1.54, 1.807) is 4.31 Å². The van der Waals surface area contributed by atoms with Crippen LogP contribution in [0.3, 0.4) is 0 Å². The van der Waals surface area contributed by atoms with E-state index in [4.69, 9.17) is 14.7 Å². The molecule has 0 N–H and O–H groups in total. The second-order valence-electron chi connectivity index (χ2n) is 10.2. The van der Waals surface area contributed by atoms with Gasteiger partial charge in [-0.05, 0) is 30.5 Å². The Labute approximate surface area is 229 Å². The van der Waals surface area contributed by atoms with Crippen LogP contribution in [-0.4, -0.2) is 109 Å². The fourth-order valence-electron chi connectivity index (χ4n) is 5.51. The molecule has 3 aromatic rings. The van der Waals surface area contributed by atoms with Gasteiger partial charge in [0.15, 0.2) is 0 Å². The van der Waals surface area contributed by atoms with Gasteiger partial charge in [-0.3, -0.25) is 0 Å². The summed E-state index contributed by atoms with van der Waals surface area (Å²) in [6.45, 7) is 7.23. The van der Waals surface area contributed by atoms with Gasteiger partial charge < -0.3 is 19.4 Å². The third kappa shape index (κ3) is 5.74. The maximum absolute atomic E-state index is 11.8. The Kier molecular flexibility index (Phi) is 7.43. The van der Waals surface area contributed by atoms with Gasteiger partial charge in [-0.2, -0.15) is 9.29 Å². The second kappa shape index (κ2) is 11.1. The van der Waals surface area contributed by atoms with E-state index in [9.17, 15) is 8.42 Å². The van der Waals surface area contributed by atoms with Gasteiger partial charge in [0.05, 0.1) is 25.2 Å². The predicted octanol–water partition coefficient (Wildman–Crippen LogP) is 1.58. The predicted molar refractivity (Wildman–Crippen MR) is 150 cm³/mol. The van der Waals surface area contributed by atoms with Crippen LogP contribution < -0.4 is 9.80 Å². The van der Waals surface area contributed by atoms with Gasteiger partial charge in [0.25, 0.3) is 0 Å². The molecule has 5 heterocycles. The van der Waals surface area contributed by atoms with Crippen molar-refractivity contribution < 1.29 is 13.2 Å². The Morgan fingerprint density at radius 1 is 0.949 bits per heavy atom. The topological polar surface area (TPSA) is 108 Å². The number of ether oxygens (including phenoxy) is 1. The van der Waals surface area contributed by atoms with Crippen molar-refractivity contribution >= 4 is 27.5 Å². The van der Waals surface area contributed by atoms with Crippen LogP contribution in [0.1, 0.15) is 11.1 Å². The SMILES string of the molecule is CS(=O)(=O)N1CCN(CCc2cccc(N3CCc4c(-c5cncnc5)nc(N5CCOCC5)nc43)c2)CC1. The summed E-state index contributed by atoms with van der Waals surface area (Å²) in [4.78, 5) is 25.4. The van der Waals surface area contributed by atoms with Gasteiger partial charge in [-0.15, -0.1) is 0 Å². The molecule has 1 aromatic carbocycles. The summed E-state index contributed by atoms with van der Waals surface area (Å²) >= 11 is 0. The van der Waals surface area contributed by atoms with E-state index in [-0.39, 0.29) is 0 Å². The number of nitrogens with zero attached hydrogens (tertiary/aromatic N) is 8. The quantitative estimate of drug-likeness (QED) is 0.430. The Bertz CT molecular complexity index is 1410. The van der Waals surface area contributed by atoms with Crippen molar-refractivity contribution in [3.63, 3.8) is 0 Å². The molecule has 3 aliphatic heterocycles. The highest BCUT2D eigenvalue weighted by Crippen LogP contribution is 2.39. The number of aromatic nitrogens is 4. The maximum atomic E-state index is 11.8. The monoisotopic (exact) mass is 550 g/mol. The highest BCUT2D eigenvalue weighted by molar-refractivity contribution is 7.88. The number of sulfonamides is 1. The Hall–Kier alpha value is -3.19. The summed E-state index contributed by atoms with van der Waals surface area (Å²) in [6, 6.07) is 8.67. The highest BCUT2D eigenvalue weighted by Gasteiger charge is 2.29. The zero-order valence-corrected chi connectivity index (χ0v) is 23.1. The molecule has 2 fully saturated rings. The summed E-state index contributed by atoms with van der Waals surface area (Å²) < 4.78 is 30.8. The number of anilines is 3. The molecule has 2 saturated heterocycles. The van der Waals surface area contributed by atoms with Crippen LogP contribution in [0, 0.1) is 0 Å². The third-order valence-electron chi connectivity index (χ3n) is 7.68. The third-order valence-corrected chi connectivity index (χ3v) is 8.98. The fraction of sp³-hybridized carbons (Fsp3) is 0.481. The Morgan fingerprint density at radius 3 is 2.46 bits per heavy atom. The molecule has 2 aromatic heterocycles. The number of morpholine rings is 1. The summed E-state index contributed by atoms with van der Waals surface area (Å²) in [6.07, 6.45) is 8.21. The normalized spacial score (nSPS) is 18.9. The molecule has 0 spiro atoms. The molecular formula is C27H34N8O3S. The van der Waals surface area contributed by atoms with Crippen LogP contribution in [0.2, 0.25) is 0 Å². The number of rotatable bonds is 7. The van der Waals surface area contributed by atoms with Crippen molar-refractivity contribution in [2.45, 2.75) is 12.8 Å². The molecule has 0 amide bonds. The summed E-state index contributed by atoms with van der Waals surface area (Å²) in [5, 5.41) is 0. The lowest BCUT2D eigenvalue weighted by Gasteiger charge is -2.33. The average Bonchev–Trinajstić information content (AvgIpc) is 3.41. The molecule has 0 saturated carbocycles. The van der Waals surface area contributed by atoms with Crippen LogP contribution in [0.4, 0.5) is 17.5 Å². The minimum Gasteiger partial charge on any atom is -0.378 e. The molecule has 0 aliphatic carbocycles. The van der Waals surface area contributed by atoms with Crippen molar-refractivity contribution in [3.8, 4) is 11.3 Å². The van der Waals surface area contributed by atoms with Crippen LogP contribution >= 0.6 is 0 Å². The van der Waals surface area contributed by atoms with Crippen molar-refractivity contribution in [1.82, 2.24) is 29.1 Å². The molecule has 206 valence electrons. The molecule has 0 radical (unpaired) electrons. The second-order valence-corrected chi connectivity index (χ2v) is 12.2. The zero-order chi connectivity index (χ0) is 26.8. The van der Waals surface area contributed by atoms with E-state index >= 15 is 0 Å². The van der Waals surface area contributed by atoms with Crippen LogP contribution in [-0.2, 0) is 27.6 Å². The molecule has 3 aliphatic rings. The number of fused-ring (bicyclic) bond motifs is 1. The first-order valence-electron chi connectivity index (χ1n) is 13.5. The first kappa shape index (κ1) is 26.1. The van der Waals surface area contributed by atoms with E-state index in [0.717, 1.165) is 80.4 Å². The Morgan fingerprint density at radius 2 is 1.72 bits per heavy atom. The number of piperazine rings is 1. The fourth-order valence-corrected chi connectivity index (χ4v) is 6.34. The van der Waals surface area contributed by atoms with Crippen molar-refractivity contribution in [3.05, 3.63) is 54.1 Å². The van der Waals surface area contributed by atoms with E-state index < -0.39 is 10.0 Å². The van der Waals surface area contributed by atoms with Crippen LogP contribution in [0.25, 0.3) is 11.3 Å². The largest absolute Gasteiger partial charge is 0.378 e. The number of hydrogen-bond donors (Lipinski definition) is 0. The highest BCUT2D eigenvalue weighted by atomic mass is 32.2. The summed E-state index contributed by atoms with van der Waals surface area (Å²) in [5.74, 6) is 1.66. The van der Waals surface area contributed by atoms with E-state index in [1.807, 2.05) is 12.4 Å². The minimum atomic E-state index is -3.11. The van der Waals surface area contributed by atoms with Crippen LogP contribution in [0.15, 0.2) is 43.0 Å². The molecule has 6 rings (SSSR count). The van der Waals surface area contributed by atoms with Gasteiger partial charge in [-0.25, -0.2) is 23.4 Å². The van der Waals surface area contributed by atoms with Gasteiger partial charge in [-0.1, -0.05) is 12.1 Å². The first-order chi connectivity index (χ1) is 19.0. The van der Waals surface area contributed by atoms with Crippen molar-refractivity contribution in [2.75, 3.05) is 81.6 Å². The van der Waals surface area contributed by atoms with Crippen LogP contribution in [0.5, 0.6) is 0 Å². The lowest BCUT2D eigenvalue weighted by Crippen LogP contribution is -2.48. The smallest absolute Gasteiger partial charge is 0.228 e. The van der Waals surface area contributed by atoms with Crippen molar-refractivity contribution in [2.24, 2.45) is 0 Å². The van der Waals surface area contributed by atoms with Crippen molar-refractivity contribution in [1.29, 1.82) is 0 Å². The average molecular weight is 551 g/mol. The van der Waals surface area contributed by atoms with E-state index in [1.165, 1.54) is 18.1 Å². The molecular weight excluding hydrogens is 516 g/mol. The Balaban J connectivity index is 1.23. The molecule has 0 unspecified atom stereocenters. The van der Waals surface area contributed by atoms with E-state index in [2.05, 4.69) is 48.9 Å². The zero-order valence-electron chi connectivity index (χ0n) is 22.2. The molecule has 11 nitrogen and oxygen atoms in total. The number of hydrogen-bond acceptors (Lipinski definition) is 10. The molecule has 0 bridgehead atoms. The molecule has 0 atom stereocenters. The number of benzene rings is 1. The lowest BCUT2D eigenvalue weighted by molar-refractivity contribution is 0.122. The van der Waals surface area contributed by atoms with Gasteiger partial charge >= 0.3 is 0 Å². The lowest BCUT2D eigenvalue weighted by atomic mass is 10.1.